The second kappa shape index (κ2) is 4.45. The number of carboxylic acid groups (broad SMARTS) is 1. The Bertz CT molecular complexity index is 372. The molecule has 5 nitrogen and oxygen atoms in total. The van der Waals surface area contributed by atoms with Crippen LogP contribution in [0.2, 0.25) is 0 Å². The Hall–Kier alpha value is -2.04. The van der Waals surface area contributed by atoms with Gasteiger partial charge >= 0.3 is 5.97 Å². The van der Waals surface area contributed by atoms with Crippen LogP contribution in [-0.4, -0.2) is 23.1 Å². The van der Waals surface area contributed by atoms with Crippen LogP contribution in [0.25, 0.3) is 0 Å². The minimum Gasteiger partial charge on any atom is -0.479 e. The molecule has 0 saturated carbocycles. The summed E-state index contributed by atoms with van der Waals surface area (Å²) in [5.74, 6) is -1.20. The van der Waals surface area contributed by atoms with Crippen molar-refractivity contribution in [1.82, 2.24) is 0 Å². The lowest BCUT2D eigenvalue weighted by Crippen LogP contribution is -2.22. The molecule has 1 atom stereocenters. The Kier molecular flexibility index (Phi) is 3.28. The van der Waals surface area contributed by atoms with Crippen molar-refractivity contribution in [3.05, 3.63) is 29.8 Å². The quantitative estimate of drug-likeness (QED) is 0.761. The number of carbonyl (C=O) groups excluding carboxylic acids is 1. The minimum absolute atomic E-state index is 0.352. The predicted octanol–water partition coefficient (Wildman–Crippen LogP) is 0.637. The molecule has 5 heteroatoms. The van der Waals surface area contributed by atoms with E-state index in [9.17, 15) is 9.59 Å². The molecule has 0 saturated heterocycles. The SMILES string of the molecule is CC(Oc1ccc(C(N)=O)cc1)C(=O)O. The summed E-state index contributed by atoms with van der Waals surface area (Å²) in [6.07, 6.45) is -0.926. The van der Waals surface area contributed by atoms with Crippen LogP contribution >= 0.6 is 0 Å². The van der Waals surface area contributed by atoms with E-state index in [4.69, 9.17) is 15.6 Å². The summed E-state index contributed by atoms with van der Waals surface area (Å²) in [6.45, 7) is 1.42. The predicted molar refractivity (Wildman–Crippen MR) is 52.7 cm³/mol. The highest BCUT2D eigenvalue weighted by molar-refractivity contribution is 5.92. The summed E-state index contributed by atoms with van der Waals surface area (Å²) < 4.78 is 5.06. The van der Waals surface area contributed by atoms with E-state index < -0.39 is 18.0 Å². The average Bonchev–Trinajstić information content (AvgIpc) is 2.18. The van der Waals surface area contributed by atoms with E-state index in [1.807, 2.05) is 0 Å². The number of aliphatic carboxylic acids is 1. The first-order chi connectivity index (χ1) is 7.00. The number of carbonyl (C=O) groups is 2. The summed E-state index contributed by atoms with van der Waals surface area (Å²) in [5, 5.41) is 8.59. The smallest absolute Gasteiger partial charge is 0.344 e. The first kappa shape index (κ1) is 11.0. The molecule has 80 valence electrons. The van der Waals surface area contributed by atoms with Crippen LogP contribution in [-0.2, 0) is 4.79 Å². The van der Waals surface area contributed by atoms with Crippen LogP contribution in [0.5, 0.6) is 5.75 Å². The molecule has 1 aromatic carbocycles. The van der Waals surface area contributed by atoms with Gasteiger partial charge in [-0.25, -0.2) is 4.79 Å². The third kappa shape index (κ3) is 2.98. The zero-order valence-electron chi connectivity index (χ0n) is 8.14. The van der Waals surface area contributed by atoms with Gasteiger partial charge in [-0.2, -0.15) is 0 Å². The molecule has 0 aliphatic heterocycles. The Labute approximate surface area is 86.5 Å². The molecule has 1 unspecified atom stereocenters. The van der Waals surface area contributed by atoms with Gasteiger partial charge in [0.25, 0.3) is 0 Å². The fourth-order valence-corrected chi connectivity index (χ4v) is 0.952. The van der Waals surface area contributed by atoms with E-state index >= 15 is 0 Å². The molecule has 0 radical (unpaired) electrons. The second-order valence-corrected chi connectivity index (χ2v) is 2.99. The fourth-order valence-electron chi connectivity index (χ4n) is 0.952. The Morgan fingerprint density at radius 2 is 1.87 bits per heavy atom. The zero-order chi connectivity index (χ0) is 11.4. The van der Waals surface area contributed by atoms with E-state index in [2.05, 4.69) is 0 Å². The second-order valence-electron chi connectivity index (χ2n) is 2.99. The van der Waals surface area contributed by atoms with Crippen LogP contribution in [0.3, 0.4) is 0 Å². The Balaban J connectivity index is 2.72. The number of benzene rings is 1. The van der Waals surface area contributed by atoms with Crippen LogP contribution in [0, 0.1) is 0 Å². The molecule has 1 rings (SSSR count). The van der Waals surface area contributed by atoms with Gasteiger partial charge in [-0.05, 0) is 31.2 Å². The average molecular weight is 209 g/mol. The monoisotopic (exact) mass is 209 g/mol. The lowest BCUT2D eigenvalue weighted by molar-refractivity contribution is -0.144. The van der Waals surface area contributed by atoms with Gasteiger partial charge in [-0.15, -0.1) is 0 Å². The van der Waals surface area contributed by atoms with E-state index in [1.54, 1.807) is 0 Å². The molecule has 3 N–H and O–H groups in total. The normalized spacial score (nSPS) is 11.8. The van der Waals surface area contributed by atoms with E-state index in [0.717, 1.165) is 0 Å². The summed E-state index contributed by atoms with van der Waals surface area (Å²) in [5.41, 5.74) is 5.39. The molecule has 0 spiro atoms. The van der Waals surface area contributed by atoms with Crippen molar-refractivity contribution in [2.45, 2.75) is 13.0 Å². The molecule has 1 aromatic rings. The molecule has 0 aliphatic carbocycles. The zero-order valence-corrected chi connectivity index (χ0v) is 8.14. The first-order valence-corrected chi connectivity index (χ1v) is 4.30. The Morgan fingerprint density at radius 3 is 2.27 bits per heavy atom. The molecule has 0 heterocycles. The third-order valence-corrected chi connectivity index (χ3v) is 1.80. The number of primary amides is 1. The summed E-state index contributed by atoms with van der Waals surface area (Å²) in [6, 6.07) is 5.96. The van der Waals surface area contributed by atoms with Crippen molar-refractivity contribution in [2.24, 2.45) is 5.73 Å². The van der Waals surface area contributed by atoms with Gasteiger partial charge < -0.3 is 15.6 Å². The molecule has 0 aliphatic rings. The summed E-state index contributed by atoms with van der Waals surface area (Å²) in [4.78, 5) is 21.2. The van der Waals surface area contributed by atoms with Gasteiger partial charge in [0.05, 0.1) is 0 Å². The van der Waals surface area contributed by atoms with Crippen molar-refractivity contribution in [3.8, 4) is 5.75 Å². The number of rotatable bonds is 4. The summed E-state index contributed by atoms with van der Waals surface area (Å²) in [7, 11) is 0. The van der Waals surface area contributed by atoms with Crippen molar-refractivity contribution < 1.29 is 19.4 Å². The van der Waals surface area contributed by atoms with Crippen molar-refractivity contribution >= 4 is 11.9 Å². The van der Waals surface area contributed by atoms with Gasteiger partial charge in [0.15, 0.2) is 6.10 Å². The largest absolute Gasteiger partial charge is 0.479 e. The van der Waals surface area contributed by atoms with Crippen LogP contribution in [0.1, 0.15) is 17.3 Å². The van der Waals surface area contributed by atoms with Crippen LogP contribution < -0.4 is 10.5 Å². The van der Waals surface area contributed by atoms with Gasteiger partial charge in [-0.3, -0.25) is 4.79 Å². The number of nitrogens with two attached hydrogens (primary N) is 1. The van der Waals surface area contributed by atoms with Gasteiger partial charge in [0, 0.05) is 5.56 Å². The van der Waals surface area contributed by atoms with Gasteiger partial charge in [0.1, 0.15) is 5.75 Å². The first-order valence-electron chi connectivity index (χ1n) is 4.30. The molecule has 0 aromatic heterocycles. The maximum atomic E-state index is 10.7. The van der Waals surface area contributed by atoms with Crippen molar-refractivity contribution in [1.29, 1.82) is 0 Å². The van der Waals surface area contributed by atoms with Crippen molar-refractivity contribution in [3.63, 3.8) is 0 Å². The third-order valence-electron chi connectivity index (χ3n) is 1.80. The van der Waals surface area contributed by atoms with Gasteiger partial charge in [0.2, 0.25) is 5.91 Å². The number of ether oxygens (including phenoxy) is 1. The van der Waals surface area contributed by atoms with E-state index in [-0.39, 0.29) is 0 Å². The lowest BCUT2D eigenvalue weighted by atomic mass is 10.2. The van der Waals surface area contributed by atoms with E-state index in [0.29, 0.717) is 11.3 Å². The standard InChI is InChI=1S/C10H11NO4/c1-6(10(13)14)15-8-4-2-7(3-5-8)9(11)12/h2-6H,1H3,(H2,11,12)(H,13,14). The summed E-state index contributed by atoms with van der Waals surface area (Å²) >= 11 is 0. The number of carboxylic acids is 1. The molecule has 1 amide bonds. The number of hydrogen-bond donors (Lipinski definition) is 2. The van der Waals surface area contributed by atoms with Crippen molar-refractivity contribution in [2.75, 3.05) is 0 Å². The Morgan fingerprint density at radius 1 is 1.33 bits per heavy atom. The molecule has 0 fully saturated rings. The highest BCUT2D eigenvalue weighted by atomic mass is 16.5. The van der Waals surface area contributed by atoms with Gasteiger partial charge in [-0.1, -0.05) is 0 Å². The highest BCUT2D eigenvalue weighted by Gasteiger charge is 2.12. The lowest BCUT2D eigenvalue weighted by Gasteiger charge is -2.09. The fraction of sp³-hybridized carbons (Fsp3) is 0.200. The van der Waals surface area contributed by atoms with Crippen LogP contribution in [0.4, 0.5) is 0 Å². The number of amides is 1. The number of hydrogen-bond acceptors (Lipinski definition) is 3. The minimum atomic E-state index is -1.05. The van der Waals surface area contributed by atoms with E-state index in [1.165, 1.54) is 31.2 Å². The maximum Gasteiger partial charge on any atom is 0.344 e. The molecule has 0 bridgehead atoms. The molecular weight excluding hydrogens is 198 g/mol. The highest BCUT2D eigenvalue weighted by Crippen LogP contribution is 2.13. The molecule has 15 heavy (non-hydrogen) atoms. The van der Waals surface area contributed by atoms with Crippen LogP contribution in [0.15, 0.2) is 24.3 Å². The molecular formula is C10H11NO4. The topological polar surface area (TPSA) is 89.6 Å². The maximum absolute atomic E-state index is 10.7.